The van der Waals surface area contributed by atoms with Crippen LogP contribution >= 0.6 is 0 Å². The summed E-state index contributed by atoms with van der Waals surface area (Å²) in [5.74, 6) is 2.40. The van der Waals surface area contributed by atoms with Crippen molar-refractivity contribution in [2.75, 3.05) is 13.2 Å². The summed E-state index contributed by atoms with van der Waals surface area (Å²) >= 11 is 0. The summed E-state index contributed by atoms with van der Waals surface area (Å²) in [6.45, 7) is 12.6. The Morgan fingerprint density at radius 1 is 0.726 bits per heavy atom. The highest BCUT2D eigenvalue weighted by Crippen LogP contribution is 2.70. The monoisotopic (exact) mass is 883 g/mol. The molecule has 0 aromatic heterocycles. The second kappa shape index (κ2) is 17.0. The molecule has 0 aromatic rings. The van der Waals surface area contributed by atoms with Gasteiger partial charge in [-0.15, -0.1) is 0 Å². The van der Waals surface area contributed by atoms with Crippen LogP contribution in [0.1, 0.15) is 92.9 Å². The van der Waals surface area contributed by atoms with Gasteiger partial charge >= 0.3 is 0 Å². The number of hydrogen-bond donors (Lipinski definition) is 10. The van der Waals surface area contributed by atoms with Crippen LogP contribution in [0.5, 0.6) is 0 Å². The number of aliphatic hydroxyl groups is 9. The summed E-state index contributed by atoms with van der Waals surface area (Å²) in [6.07, 6.45) is -12.9. The molecule has 0 bridgehead atoms. The number of ether oxygens (including phenoxy) is 7. The first-order valence-corrected chi connectivity index (χ1v) is 23.4. The van der Waals surface area contributed by atoms with E-state index in [0.717, 1.165) is 45.1 Å². The Kier molecular flexibility index (Phi) is 12.7. The molecular formula is C45H73NO16. The SMILES string of the molecule is CC1CNC2(OC3CC4C5CC=C6CC(OC7C(OC8OC(C)C(O)C(O)C8O)C(O)OC(CO)C7OC7OC(C)C(O)C(O)C7O)CCC6(C)C5CCC4(C)C3C2C)C(O)C1. The van der Waals surface area contributed by atoms with Gasteiger partial charge in [0.25, 0.3) is 0 Å². The fraction of sp³-hybridized carbons (Fsp3) is 0.956. The fourth-order valence-corrected chi connectivity index (χ4v) is 14.4. The van der Waals surface area contributed by atoms with Gasteiger partial charge in [-0.1, -0.05) is 39.3 Å². The maximum Gasteiger partial charge on any atom is 0.187 e. The molecule has 0 amide bonds. The molecule has 1 spiro atoms. The van der Waals surface area contributed by atoms with Gasteiger partial charge in [0.2, 0.25) is 0 Å². The zero-order chi connectivity index (χ0) is 44.4. The molecule has 8 fully saturated rings. The molecule has 9 aliphatic rings. The summed E-state index contributed by atoms with van der Waals surface area (Å²) in [6, 6.07) is 0. The van der Waals surface area contributed by atoms with Gasteiger partial charge in [0.15, 0.2) is 18.9 Å². The Balaban J connectivity index is 0.955. The molecule has 62 heavy (non-hydrogen) atoms. The van der Waals surface area contributed by atoms with Crippen molar-refractivity contribution in [1.82, 2.24) is 5.32 Å². The average Bonchev–Trinajstić information content (AvgIpc) is 3.70. The molecule has 5 heterocycles. The van der Waals surface area contributed by atoms with Crippen molar-refractivity contribution in [1.29, 1.82) is 0 Å². The van der Waals surface area contributed by atoms with E-state index in [1.54, 1.807) is 0 Å². The van der Waals surface area contributed by atoms with Crippen LogP contribution in [0.3, 0.4) is 0 Å². The maximum atomic E-state index is 11.5. The maximum absolute atomic E-state index is 11.5. The van der Waals surface area contributed by atoms with E-state index in [2.05, 4.69) is 39.1 Å². The van der Waals surface area contributed by atoms with E-state index in [1.165, 1.54) is 19.4 Å². The zero-order valence-corrected chi connectivity index (χ0v) is 36.9. The number of piperidine rings is 1. The largest absolute Gasteiger partial charge is 0.394 e. The molecule has 0 radical (unpaired) electrons. The number of fused-ring (bicyclic) bond motifs is 7. The van der Waals surface area contributed by atoms with Crippen molar-refractivity contribution in [3.8, 4) is 0 Å². The Hall–Kier alpha value is -0.940. The van der Waals surface area contributed by atoms with Gasteiger partial charge in [-0.25, -0.2) is 0 Å². The molecule has 354 valence electrons. The molecule has 5 aliphatic heterocycles. The Morgan fingerprint density at radius 2 is 1.37 bits per heavy atom. The van der Waals surface area contributed by atoms with Crippen molar-refractivity contribution < 1.29 is 79.1 Å². The van der Waals surface area contributed by atoms with E-state index in [0.29, 0.717) is 42.4 Å². The molecule has 9 rings (SSSR count). The van der Waals surface area contributed by atoms with Crippen molar-refractivity contribution in [2.24, 2.45) is 46.3 Å². The lowest BCUT2D eigenvalue weighted by Crippen LogP contribution is -2.67. The average molecular weight is 884 g/mol. The lowest BCUT2D eigenvalue weighted by Gasteiger charge is -2.59. The van der Waals surface area contributed by atoms with E-state index in [4.69, 9.17) is 33.2 Å². The summed E-state index contributed by atoms with van der Waals surface area (Å²) in [5, 5.41) is 101. The minimum Gasteiger partial charge on any atom is -0.394 e. The molecule has 27 atom stereocenters. The van der Waals surface area contributed by atoms with Gasteiger partial charge in [0, 0.05) is 12.5 Å². The molecule has 10 N–H and O–H groups in total. The number of nitrogens with one attached hydrogen (secondary N) is 1. The van der Waals surface area contributed by atoms with Gasteiger partial charge < -0.3 is 79.1 Å². The Labute approximate surface area is 364 Å². The normalized spacial score (nSPS) is 58.9. The smallest absolute Gasteiger partial charge is 0.187 e. The first-order chi connectivity index (χ1) is 29.3. The van der Waals surface area contributed by atoms with Gasteiger partial charge in [0.05, 0.1) is 37.1 Å². The minimum atomic E-state index is -1.75. The number of rotatable bonds is 7. The molecule has 0 aromatic carbocycles. The summed E-state index contributed by atoms with van der Waals surface area (Å²) in [4.78, 5) is 0. The Bertz CT molecular complexity index is 1640. The lowest BCUT2D eigenvalue weighted by molar-refractivity contribution is -0.386. The quantitative estimate of drug-likeness (QED) is 0.148. The van der Waals surface area contributed by atoms with Gasteiger partial charge in [-0.05, 0) is 106 Å². The fourth-order valence-electron chi connectivity index (χ4n) is 14.4. The van der Waals surface area contributed by atoms with Crippen LogP contribution in [0.2, 0.25) is 0 Å². The zero-order valence-electron chi connectivity index (χ0n) is 36.9. The van der Waals surface area contributed by atoms with Crippen LogP contribution in [0.15, 0.2) is 11.6 Å². The number of allylic oxidation sites excluding steroid dienone is 1. The molecule has 17 heteroatoms. The van der Waals surface area contributed by atoms with E-state index in [-0.39, 0.29) is 22.9 Å². The third-order valence-corrected chi connectivity index (χ3v) is 17.9. The van der Waals surface area contributed by atoms with Crippen LogP contribution in [0, 0.1) is 46.3 Å². The standard InChI is InChI=1S/C45H73NO16/c1-18-13-29(48)45(46-16-18)19(2)30-27(62-45)15-26-24-8-7-22-14-23(9-11-43(22,5)25(24)10-12-44(26,30)6)58-38-37(60-41-35(53)33(51)31(49)20(3)56-41)28(17-47)59-40(55)39(38)61-42-36(54)34(52)32(50)21(4)57-42/h7,18-21,23-42,46-55H,8-17H2,1-6H3. The first kappa shape index (κ1) is 46.2. The molecule has 3 saturated carbocycles. The first-order valence-electron chi connectivity index (χ1n) is 23.4. The van der Waals surface area contributed by atoms with E-state index in [9.17, 15) is 46.0 Å². The van der Waals surface area contributed by atoms with Crippen molar-refractivity contribution in [3.63, 3.8) is 0 Å². The predicted molar refractivity (Wildman–Crippen MR) is 216 cm³/mol. The minimum absolute atomic E-state index is 0.0816. The molecule has 4 aliphatic carbocycles. The van der Waals surface area contributed by atoms with E-state index < -0.39 is 117 Å². The van der Waals surface area contributed by atoms with Crippen molar-refractivity contribution in [3.05, 3.63) is 11.6 Å². The summed E-state index contributed by atoms with van der Waals surface area (Å²) in [5.41, 5.74) is 0.641. The lowest BCUT2D eigenvalue weighted by atomic mass is 9.46. The van der Waals surface area contributed by atoms with Crippen LogP contribution in [-0.2, 0) is 33.2 Å². The van der Waals surface area contributed by atoms with Crippen LogP contribution in [-0.4, -0.2) is 175 Å². The number of hydrogen-bond acceptors (Lipinski definition) is 17. The number of aliphatic hydroxyl groups excluding tert-OH is 9. The highest BCUT2D eigenvalue weighted by atomic mass is 16.8. The molecular weight excluding hydrogens is 810 g/mol. The predicted octanol–water partition coefficient (Wildman–Crippen LogP) is -0.214. The second-order valence-electron chi connectivity index (χ2n) is 21.3. The summed E-state index contributed by atoms with van der Waals surface area (Å²) < 4.78 is 43.7. The highest BCUT2D eigenvalue weighted by molar-refractivity contribution is 5.27. The van der Waals surface area contributed by atoms with E-state index >= 15 is 0 Å². The van der Waals surface area contributed by atoms with Gasteiger partial charge in [0.1, 0.15) is 66.8 Å². The van der Waals surface area contributed by atoms with Gasteiger partial charge in [-0.3, -0.25) is 5.32 Å². The van der Waals surface area contributed by atoms with Crippen LogP contribution in [0.25, 0.3) is 0 Å². The van der Waals surface area contributed by atoms with Crippen LogP contribution < -0.4 is 5.32 Å². The Morgan fingerprint density at radius 3 is 2.00 bits per heavy atom. The van der Waals surface area contributed by atoms with Gasteiger partial charge in [-0.2, -0.15) is 0 Å². The highest BCUT2D eigenvalue weighted by Gasteiger charge is 2.70. The van der Waals surface area contributed by atoms with Crippen molar-refractivity contribution in [2.45, 2.75) is 209 Å². The molecule has 27 unspecified atom stereocenters. The topological polar surface area (TPSA) is 259 Å². The molecule has 5 saturated heterocycles. The summed E-state index contributed by atoms with van der Waals surface area (Å²) in [7, 11) is 0. The third-order valence-electron chi connectivity index (χ3n) is 17.9. The molecule has 17 nitrogen and oxygen atoms in total. The second-order valence-corrected chi connectivity index (χ2v) is 21.3. The van der Waals surface area contributed by atoms with Crippen molar-refractivity contribution >= 4 is 0 Å². The van der Waals surface area contributed by atoms with E-state index in [1.807, 2.05) is 0 Å². The third kappa shape index (κ3) is 7.31. The van der Waals surface area contributed by atoms with Crippen LogP contribution in [0.4, 0.5) is 0 Å².